The summed E-state index contributed by atoms with van der Waals surface area (Å²) in [4.78, 5) is 44.6. The van der Waals surface area contributed by atoms with Crippen molar-refractivity contribution in [2.75, 3.05) is 18.6 Å². The maximum atomic E-state index is 13.7. The molecule has 0 bridgehead atoms. The van der Waals surface area contributed by atoms with Crippen LogP contribution in [-0.4, -0.2) is 41.5 Å². The predicted octanol–water partition coefficient (Wildman–Crippen LogP) is 4.71. The number of thiazole rings is 1. The second kappa shape index (κ2) is 9.90. The Morgan fingerprint density at radius 2 is 1.86 bits per heavy atom. The number of aryl methyl sites for hydroxylation is 2. The Balaban J connectivity index is 1.92. The Morgan fingerprint density at radius 3 is 2.47 bits per heavy atom. The molecule has 0 spiro atoms. The van der Waals surface area contributed by atoms with Gasteiger partial charge in [-0.2, -0.15) is 0 Å². The molecule has 0 unspecified atom stereocenters. The molecule has 186 valence electrons. The minimum absolute atomic E-state index is 0.0810. The Bertz CT molecular complexity index is 1400. The van der Waals surface area contributed by atoms with Crippen LogP contribution in [0.2, 0.25) is 0 Å². The lowest BCUT2D eigenvalue weighted by Crippen LogP contribution is -2.29. The molecule has 10 heteroatoms. The smallest absolute Gasteiger partial charge is 0.350 e. The molecule has 36 heavy (non-hydrogen) atoms. The number of ketones is 1. The number of Topliss-reactive ketones (excluding diaryl/α,β-unsaturated/α-hetero) is 1. The topological polar surface area (TPSA) is 106 Å². The monoisotopic (exact) mass is 510 g/mol. The van der Waals surface area contributed by atoms with Gasteiger partial charge in [-0.3, -0.25) is 14.5 Å². The lowest BCUT2D eigenvalue weighted by Gasteiger charge is -2.23. The number of aromatic nitrogens is 1. The summed E-state index contributed by atoms with van der Waals surface area (Å²) in [6.07, 6.45) is 0. The zero-order valence-corrected chi connectivity index (χ0v) is 20.8. The highest BCUT2D eigenvalue weighted by Gasteiger charge is 2.48. The van der Waals surface area contributed by atoms with Gasteiger partial charge in [0.05, 0.1) is 31.0 Å². The van der Waals surface area contributed by atoms with E-state index >= 15 is 0 Å². The summed E-state index contributed by atoms with van der Waals surface area (Å²) in [5.74, 6) is -2.78. The van der Waals surface area contributed by atoms with Gasteiger partial charge in [0.2, 0.25) is 0 Å². The number of benzene rings is 2. The van der Waals surface area contributed by atoms with E-state index in [1.165, 1.54) is 31.4 Å². The van der Waals surface area contributed by atoms with Gasteiger partial charge >= 0.3 is 11.9 Å². The molecule has 1 fully saturated rings. The van der Waals surface area contributed by atoms with E-state index in [4.69, 9.17) is 9.47 Å². The number of amides is 1. The number of halogens is 1. The Morgan fingerprint density at radius 1 is 1.17 bits per heavy atom. The average Bonchev–Trinajstić information content (AvgIpc) is 3.36. The van der Waals surface area contributed by atoms with Crippen LogP contribution >= 0.6 is 11.3 Å². The quantitative estimate of drug-likeness (QED) is 0.222. The van der Waals surface area contributed by atoms with Gasteiger partial charge in [-0.15, -0.1) is 0 Å². The highest BCUT2D eigenvalue weighted by Crippen LogP contribution is 2.44. The van der Waals surface area contributed by atoms with Gasteiger partial charge in [-0.1, -0.05) is 23.5 Å². The molecule has 3 aromatic rings. The largest absolute Gasteiger partial charge is 0.507 e. The van der Waals surface area contributed by atoms with E-state index in [0.717, 1.165) is 16.2 Å². The minimum atomic E-state index is -1.10. The van der Waals surface area contributed by atoms with Gasteiger partial charge in [0.1, 0.15) is 22.2 Å². The van der Waals surface area contributed by atoms with Crippen molar-refractivity contribution in [1.29, 1.82) is 0 Å². The zero-order valence-electron chi connectivity index (χ0n) is 20.0. The van der Waals surface area contributed by atoms with Crippen molar-refractivity contribution in [2.24, 2.45) is 0 Å². The Hall–Kier alpha value is -4.05. The maximum absolute atomic E-state index is 13.7. The molecule has 1 aliphatic heterocycles. The molecule has 1 atom stereocenters. The summed E-state index contributed by atoms with van der Waals surface area (Å²) in [5, 5.41) is 11.4. The van der Waals surface area contributed by atoms with Crippen LogP contribution in [-0.2, 0) is 14.3 Å². The van der Waals surface area contributed by atoms with Crippen LogP contribution in [0.4, 0.5) is 9.52 Å². The van der Waals surface area contributed by atoms with Crippen LogP contribution in [0, 0.1) is 19.7 Å². The minimum Gasteiger partial charge on any atom is -0.507 e. The van der Waals surface area contributed by atoms with E-state index in [9.17, 15) is 23.9 Å². The summed E-state index contributed by atoms with van der Waals surface area (Å²) in [5.41, 5.74) is 1.49. The molecule has 0 aliphatic carbocycles. The summed E-state index contributed by atoms with van der Waals surface area (Å²) < 4.78 is 24.0. The van der Waals surface area contributed by atoms with Crippen LogP contribution in [0.15, 0.2) is 48.0 Å². The fourth-order valence-electron chi connectivity index (χ4n) is 4.04. The summed E-state index contributed by atoms with van der Waals surface area (Å²) in [6.45, 7) is 5.16. The van der Waals surface area contributed by atoms with Crippen molar-refractivity contribution in [2.45, 2.75) is 26.8 Å². The lowest BCUT2D eigenvalue weighted by molar-refractivity contribution is -0.132. The molecular weight excluding hydrogens is 487 g/mol. The van der Waals surface area contributed by atoms with Crippen molar-refractivity contribution in [3.05, 3.63) is 81.1 Å². The highest BCUT2D eigenvalue weighted by molar-refractivity contribution is 7.17. The molecule has 4 rings (SSSR count). The van der Waals surface area contributed by atoms with Gasteiger partial charge in [0.25, 0.3) is 5.78 Å². The SMILES string of the molecule is CCOC(=O)c1sc(N2C(=O)C(=O)/C(=C(/O)c3ccc(OC)cc3C)[C@H]2c2ccc(F)cc2)nc1C. The molecule has 1 aliphatic rings. The third-order valence-electron chi connectivity index (χ3n) is 5.77. The van der Waals surface area contributed by atoms with E-state index in [1.807, 2.05) is 0 Å². The van der Waals surface area contributed by atoms with Crippen LogP contribution in [0.25, 0.3) is 5.76 Å². The molecule has 0 radical (unpaired) electrons. The molecule has 1 amide bonds. The third-order valence-corrected chi connectivity index (χ3v) is 6.91. The number of rotatable bonds is 6. The highest BCUT2D eigenvalue weighted by atomic mass is 32.1. The molecule has 8 nitrogen and oxygen atoms in total. The van der Waals surface area contributed by atoms with Crippen LogP contribution < -0.4 is 9.64 Å². The second-order valence-corrected chi connectivity index (χ2v) is 9.01. The number of hydrogen-bond acceptors (Lipinski definition) is 8. The fourth-order valence-corrected chi connectivity index (χ4v) is 5.02. The first-order valence-electron chi connectivity index (χ1n) is 11.0. The second-order valence-electron chi connectivity index (χ2n) is 8.03. The number of nitrogens with zero attached hydrogens (tertiary/aromatic N) is 2. The third kappa shape index (κ3) is 4.35. The predicted molar refractivity (Wildman–Crippen MR) is 132 cm³/mol. The van der Waals surface area contributed by atoms with Gasteiger partial charge in [0.15, 0.2) is 5.13 Å². The van der Waals surface area contributed by atoms with Crippen molar-refractivity contribution in [1.82, 2.24) is 4.98 Å². The number of esters is 1. The number of methoxy groups -OCH3 is 1. The van der Waals surface area contributed by atoms with Gasteiger partial charge in [-0.05, 0) is 62.2 Å². The number of anilines is 1. The standard InChI is InChI=1S/C26H23FN2O6S/c1-5-35-25(33)23-14(3)28-26(36-23)29-20(15-6-8-16(27)9-7-15)19(22(31)24(29)32)21(30)18-11-10-17(34-4)12-13(18)2/h6-12,20,30H,5H2,1-4H3/b21-19+/t20-/m1/s1. The molecular formula is C26H23FN2O6S. The number of aliphatic hydroxyl groups excluding tert-OH is 1. The van der Waals surface area contributed by atoms with Gasteiger partial charge < -0.3 is 14.6 Å². The first-order valence-corrected chi connectivity index (χ1v) is 11.9. The first-order chi connectivity index (χ1) is 17.2. The van der Waals surface area contributed by atoms with Crippen LogP contribution in [0.3, 0.4) is 0 Å². The van der Waals surface area contributed by atoms with Crippen molar-refractivity contribution in [3.63, 3.8) is 0 Å². The van der Waals surface area contributed by atoms with Crippen molar-refractivity contribution >= 4 is 39.9 Å². The average molecular weight is 511 g/mol. The number of hydrogen-bond donors (Lipinski definition) is 1. The zero-order chi connectivity index (χ0) is 26.1. The fraction of sp³-hybridized carbons (Fsp3) is 0.231. The van der Waals surface area contributed by atoms with Gasteiger partial charge in [-0.25, -0.2) is 14.2 Å². The lowest BCUT2D eigenvalue weighted by atomic mass is 9.94. The molecule has 0 saturated carbocycles. The van der Waals surface area contributed by atoms with Crippen LogP contribution in [0.1, 0.15) is 45.0 Å². The van der Waals surface area contributed by atoms with E-state index in [1.54, 1.807) is 39.0 Å². The number of carbonyl (C=O) groups excluding carboxylic acids is 3. The molecule has 1 N–H and O–H groups in total. The summed E-state index contributed by atoms with van der Waals surface area (Å²) in [6, 6.07) is 9.06. The molecule has 2 heterocycles. The van der Waals surface area contributed by atoms with Crippen LogP contribution in [0.5, 0.6) is 5.75 Å². The summed E-state index contributed by atoms with van der Waals surface area (Å²) in [7, 11) is 1.51. The van der Waals surface area contributed by atoms with E-state index in [0.29, 0.717) is 28.1 Å². The van der Waals surface area contributed by atoms with E-state index in [-0.39, 0.29) is 27.9 Å². The Kier molecular flexibility index (Phi) is 6.89. The van der Waals surface area contributed by atoms with E-state index in [2.05, 4.69) is 4.98 Å². The number of carbonyl (C=O) groups is 3. The number of aliphatic hydroxyl groups is 1. The number of ether oxygens (including phenoxy) is 2. The maximum Gasteiger partial charge on any atom is 0.350 e. The Labute approximate surface area is 210 Å². The van der Waals surface area contributed by atoms with Crippen molar-refractivity contribution < 1.29 is 33.4 Å². The molecule has 1 aromatic heterocycles. The van der Waals surface area contributed by atoms with Gasteiger partial charge in [0, 0.05) is 5.56 Å². The first kappa shape index (κ1) is 25.1. The molecule has 2 aromatic carbocycles. The normalized spacial score (nSPS) is 16.9. The van der Waals surface area contributed by atoms with Crippen molar-refractivity contribution in [3.8, 4) is 5.75 Å². The molecule has 1 saturated heterocycles. The van der Waals surface area contributed by atoms with E-state index < -0.39 is 29.5 Å². The summed E-state index contributed by atoms with van der Waals surface area (Å²) >= 11 is 0.902.